The van der Waals surface area contributed by atoms with Gasteiger partial charge < -0.3 is 0 Å². The number of aryl methyl sites for hydroxylation is 1. The summed E-state index contributed by atoms with van der Waals surface area (Å²) in [7, 11) is 0. The van der Waals surface area contributed by atoms with Crippen molar-refractivity contribution >= 4 is 11.6 Å². The maximum atomic E-state index is 6.11. The summed E-state index contributed by atoms with van der Waals surface area (Å²) in [4.78, 5) is 8.38. The molecule has 2 rings (SSSR count). The molecule has 1 aromatic carbocycles. The Labute approximate surface area is 94.0 Å². The van der Waals surface area contributed by atoms with E-state index in [4.69, 9.17) is 11.6 Å². The second-order valence-corrected chi connectivity index (χ2v) is 3.65. The van der Waals surface area contributed by atoms with Gasteiger partial charge in [-0.25, -0.2) is 9.97 Å². The van der Waals surface area contributed by atoms with E-state index in [1.807, 2.05) is 18.2 Å². The van der Waals surface area contributed by atoms with Gasteiger partial charge in [0.25, 0.3) is 0 Å². The Bertz CT molecular complexity index is 454. The Balaban J connectivity index is 2.52. The van der Waals surface area contributed by atoms with E-state index in [1.54, 1.807) is 18.5 Å². The highest BCUT2D eigenvalue weighted by Crippen LogP contribution is 2.25. The van der Waals surface area contributed by atoms with Crippen LogP contribution in [-0.2, 0) is 6.42 Å². The number of nitrogens with zero attached hydrogens (tertiary/aromatic N) is 2. The van der Waals surface area contributed by atoms with E-state index < -0.39 is 0 Å². The molecule has 76 valence electrons. The van der Waals surface area contributed by atoms with Crippen LogP contribution in [0, 0.1) is 0 Å². The summed E-state index contributed by atoms with van der Waals surface area (Å²) < 4.78 is 0. The molecule has 0 amide bonds. The predicted molar refractivity (Wildman–Crippen MR) is 61.9 cm³/mol. The molecule has 0 fully saturated rings. The quantitative estimate of drug-likeness (QED) is 0.773. The summed E-state index contributed by atoms with van der Waals surface area (Å²) in [6.07, 6.45) is 4.42. The fourth-order valence-electron chi connectivity index (χ4n) is 1.40. The molecule has 1 aromatic heterocycles. The fraction of sp³-hybridized carbons (Fsp3) is 0.167. The first-order valence-electron chi connectivity index (χ1n) is 4.87. The molecule has 15 heavy (non-hydrogen) atoms. The molecule has 1 heterocycles. The summed E-state index contributed by atoms with van der Waals surface area (Å²) >= 11 is 6.11. The molecule has 0 saturated carbocycles. The SMILES string of the molecule is CCc1ccc(Cl)c(-c2ncccn2)c1. The van der Waals surface area contributed by atoms with Crippen molar-refractivity contribution in [2.24, 2.45) is 0 Å². The van der Waals surface area contributed by atoms with Crippen molar-refractivity contribution in [3.8, 4) is 11.4 Å². The molecule has 0 atom stereocenters. The lowest BCUT2D eigenvalue weighted by atomic mass is 10.1. The van der Waals surface area contributed by atoms with Gasteiger partial charge in [0.05, 0.1) is 5.02 Å². The van der Waals surface area contributed by atoms with Crippen LogP contribution in [0.25, 0.3) is 11.4 Å². The van der Waals surface area contributed by atoms with E-state index in [2.05, 4.69) is 16.9 Å². The summed E-state index contributed by atoms with van der Waals surface area (Å²) in [5.41, 5.74) is 2.14. The van der Waals surface area contributed by atoms with Gasteiger partial charge in [0, 0.05) is 18.0 Å². The molecule has 0 bridgehead atoms. The van der Waals surface area contributed by atoms with Crippen molar-refractivity contribution in [1.82, 2.24) is 9.97 Å². The monoisotopic (exact) mass is 218 g/mol. The summed E-state index contributed by atoms with van der Waals surface area (Å²) in [6, 6.07) is 7.75. The normalized spacial score (nSPS) is 10.3. The molecular weight excluding hydrogens is 208 g/mol. The molecule has 0 aliphatic heterocycles. The van der Waals surface area contributed by atoms with Gasteiger partial charge in [-0.1, -0.05) is 24.6 Å². The van der Waals surface area contributed by atoms with Gasteiger partial charge in [0.1, 0.15) is 0 Å². The van der Waals surface area contributed by atoms with Gasteiger partial charge in [-0.2, -0.15) is 0 Å². The molecule has 0 radical (unpaired) electrons. The van der Waals surface area contributed by atoms with E-state index >= 15 is 0 Å². The van der Waals surface area contributed by atoms with Crippen molar-refractivity contribution in [2.45, 2.75) is 13.3 Å². The van der Waals surface area contributed by atoms with Crippen molar-refractivity contribution in [1.29, 1.82) is 0 Å². The summed E-state index contributed by atoms with van der Waals surface area (Å²) in [5.74, 6) is 0.679. The van der Waals surface area contributed by atoms with Crippen LogP contribution in [0.1, 0.15) is 12.5 Å². The third-order valence-corrected chi connectivity index (χ3v) is 2.58. The fourth-order valence-corrected chi connectivity index (χ4v) is 1.60. The van der Waals surface area contributed by atoms with Gasteiger partial charge in [0.2, 0.25) is 0 Å². The summed E-state index contributed by atoms with van der Waals surface area (Å²) in [6.45, 7) is 2.11. The lowest BCUT2D eigenvalue weighted by Crippen LogP contribution is -1.89. The van der Waals surface area contributed by atoms with Crippen LogP contribution in [0.3, 0.4) is 0 Å². The first kappa shape index (κ1) is 10.1. The zero-order valence-corrected chi connectivity index (χ0v) is 9.20. The number of hydrogen-bond acceptors (Lipinski definition) is 2. The third kappa shape index (κ3) is 2.16. The Morgan fingerprint density at radius 2 is 1.93 bits per heavy atom. The molecule has 0 N–H and O–H groups in total. The maximum absolute atomic E-state index is 6.11. The smallest absolute Gasteiger partial charge is 0.160 e. The molecule has 0 aliphatic rings. The minimum atomic E-state index is 0.679. The van der Waals surface area contributed by atoms with Crippen LogP contribution >= 0.6 is 11.6 Å². The minimum Gasteiger partial charge on any atom is -0.237 e. The molecular formula is C12H11ClN2. The van der Waals surface area contributed by atoms with Crippen LogP contribution in [0.15, 0.2) is 36.7 Å². The largest absolute Gasteiger partial charge is 0.237 e. The van der Waals surface area contributed by atoms with Gasteiger partial charge in [-0.05, 0) is 30.2 Å². The van der Waals surface area contributed by atoms with Crippen molar-refractivity contribution in [2.75, 3.05) is 0 Å². The second kappa shape index (κ2) is 4.41. The average molecular weight is 219 g/mol. The zero-order valence-electron chi connectivity index (χ0n) is 8.44. The third-order valence-electron chi connectivity index (χ3n) is 2.25. The molecule has 2 nitrogen and oxygen atoms in total. The van der Waals surface area contributed by atoms with Crippen LogP contribution in [0.5, 0.6) is 0 Å². The number of hydrogen-bond donors (Lipinski definition) is 0. The first-order valence-corrected chi connectivity index (χ1v) is 5.25. The number of rotatable bonds is 2. The van der Waals surface area contributed by atoms with Crippen molar-refractivity contribution < 1.29 is 0 Å². The lowest BCUT2D eigenvalue weighted by molar-refractivity contribution is 1.13. The van der Waals surface area contributed by atoms with Crippen LogP contribution in [0.4, 0.5) is 0 Å². The van der Waals surface area contributed by atoms with Gasteiger partial charge in [-0.3, -0.25) is 0 Å². The average Bonchev–Trinajstić information content (AvgIpc) is 2.31. The van der Waals surface area contributed by atoms with Crippen LogP contribution in [-0.4, -0.2) is 9.97 Å². The van der Waals surface area contributed by atoms with E-state index in [9.17, 15) is 0 Å². The Morgan fingerprint density at radius 3 is 2.60 bits per heavy atom. The number of benzene rings is 1. The molecule has 0 unspecified atom stereocenters. The van der Waals surface area contributed by atoms with Gasteiger partial charge in [-0.15, -0.1) is 0 Å². The summed E-state index contributed by atoms with van der Waals surface area (Å²) in [5, 5.41) is 0.693. The minimum absolute atomic E-state index is 0.679. The van der Waals surface area contributed by atoms with Gasteiger partial charge >= 0.3 is 0 Å². The number of aromatic nitrogens is 2. The molecule has 0 spiro atoms. The molecule has 0 saturated heterocycles. The lowest BCUT2D eigenvalue weighted by Gasteiger charge is -2.04. The maximum Gasteiger partial charge on any atom is 0.160 e. The highest BCUT2D eigenvalue weighted by molar-refractivity contribution is 6.33. The molecule has 3 heteroatoms. The van der Waals surface area contributed by atoms with Crippen molar-refractivity contribution in [3.63, 3.8) is 0 Å². The first-order chi connectivity index (χ1) is 7.31. The number of halogens is 1. The standard InChI is InChI=1S/C12H11ClN2/c1-2-9-4-5-11(13)10(8-9)12-14-6-3-7-15-12/h3-8H,2H2,1H3. The van der Waals surface area contributed by atoms with Crippen LogP contribution in [0.2, 0.25) is 5.02 Å². The predicted octanol–water partition coefficient (Wildman–Crippen LogP) is 3.36. The Morgan fingerprint density at radius 1 is 1.20 bits per heavy atom. The van der Waals surface area contributed by atoms with E-state index in [0.717, 1.165) is 12.0 Å². The van der Waals surface area contributed by atoms with Crippen molar-refractivity contribution in [3.05, 3.63) is 47.2 Å². The Kier molecular flexibility index (Phi) is 2.97. The molecule has 2 aromatic rings. The molecule has 0 aliphatic carbocycles. The van der Waals surface area contributed by atoms with E-state index in [1.165, 1.54) is 5.56 Å². The highest BCUT2D eigenvalue weighted by atomic mass is 35.5. The van der Waals surface area contributed by atoms with Gasteiger partial charge in [0.15, 0.2) is 5.82 Å². The van der Waals surface area contributed by atoms with Crippen LogP contribution < -0.4 is 0 Å². The second-order valence-electron chi connectivity index (χ2n) is 3.24. The topological polar surface area (TPSA) is 25.8 Å². The highest BCUT2D eigenvalue weighted by Gasteiger charge is 2.05. The zero-order chi connectivity index (χ0) is 10.7. The van der Waals surface area contributed by atoms with E-state index in [-0.39, 0.29) is 0 Å². The Hall–Kier alpha value is -1.41. The van der Waals surface area contributed by atoms with E-state index in [0.29, 0.717) is 10.8 Å².